The smallest absolute Gasteiger partial charge is 0.272 e. The van der Waals surface area contributed by atoms with E-state index in [2.05, 4.69) is 24.1 Å². The van der Waals surface area contributed by atoms with Crippen LogP contribution in [0.2, 0.25) is 0 Å². The second kappa shape index (κ2) is 8.83. The number of hydrogen-bond acceptors (Lipinski definition) is 5. The lowest BCUT2D eigenvalue weighted by molar-refractivity contribution is -0.113. The molecule has 1 aromatic carbocycles. The number of benzene rings is 1. The van der Waals surface area contributed by atoms with Crippen LogP contribution in [0.25, 0.3) is 10.2 Å². The first-order chi connectivity index (χ1) is 13.3. The lowest BCUT2D eigenvalue weighted by atomic mass is 10.1. The first-order valence-corrected chi connectivity index (χ1v) is 10.6. The Bertz CT molecular complexity index is 1060. The zero-order valence-electron chi connectivity index (χ0n) is 15.4. The Morgan fingerprint density at radius 2 is 2.11 bits per heavy atom. The molecule has 3 aromatic rings. The molecule has 0 aliphatic carbocycles. The molecule has 1 amide bonds. The second-order valence-electron chi connectivity index (χ2n) is 6.63. The lowest BCUT2D eigenvalue weighted by Crippen LogP contribution is -2.24. The topological polar surface area (TPSA) is 64.0 Å². The molecule has 1 N–H and O–H groups in total. The minimum atomic E-state index is -0.716. The molecule has 3 rings (SSSR count). The summed E-state index contributed by atoms with van der Waals surface area (Å²) in [6, 6.07) is 4.62. The maximum atomic E-state index is 13.7. The van der Waals surface area contributed by atoms with Crippen LogP contribution in [0.1, 0.15) is 20.3 Å². The number of fused-ring (bicyclic) bond motifs is 1. The van der Waals surface area contributed by atoms with Crippen LogP contribution in [0.3, 0.4) is 0 Å². The number of halogens is 2. The quantitative estimate of drug-likeness (QED) is 0.449. The van der Waals surface area contributed by atoms with Crippen molar-refractivity contribution in [3.05, 3.63) is 51.6 Å². The predicted molar refractivity (Wildman–Crippen MR) is 109 cm³/mol. The molecular weight excluding hydrogens is 404 g/mol. The summed E-state index contributed by atoms with van der Waals surface area (Å²) in [6.07, 6.45) is 0.798. The van der Waals surface area contributed by atoms with Gasteiger partial charge in [0.2, 0.25) is 5.91 Å². The zero-order chi connectivity index (χ0) is 20.3. The summed E-state index contributed by atoms with van der Waals surface area (Å²) in [5.41, 5.74) is 0.249. The van der Waals surface area contributed by atoms with E-state index in [-0.39, 0.29) is 17.0 Å². The summed E-state index contributed by atoms with van der Waals surface area (Å²) >= 11 is 2.44. The number of thioether (sulfide) groups is 1. The molecule has 0 saturated heterocycles. The van der Waals surface area contributed by atoms with E-state index in [0.29, 0.717) is 27.8 Å². The largest absolute Gasteiger partial charge is 0.323 e. The Morgan fingerprint density at radius 3 is 2.86 bits per heavy atom. The summed E-state index contributed by atoms with van der Waals surface area (Å²) in [6.45, 7) is 4.63. The number of thiophene rings is 1. The standard InChI is InChI=1S/C19H19F2N3O2S2/c1-11(2)5-7-24-18(26)17-14(6-8-27-17)23-19(24)28-10-16(25)22-15-9-12(20)3-4-13(15)21/h3-4,6,8-9,11H,5,7,10H2,1-2H3,(H,22,25). The van der Waals surface area contributed by atoms with Gasteiger partial charge in [-0.1, -0.05) is 25.6 Å². The monoisotopic (exact) mass is 423 g/mol. The van der Waals surface area contributed by atoms with Gasteiger partial charge in [0, 0.05) is 12.6 Å². The molecule has 0 radical (unpaired) electrons. The van der Waals surface area contributed by atoms with Gasteiger partial charge < -0.3 is 5.32 Å². The molecule has 0 atom stereocenters. The lowest BCUT2D eigenvalue weighted by Gasteiger charge is -2.13. The van der Waals surface area contributed by atoms with Gasteiger partial charge in [-0.05, 0) is 35.9 Å². The van der Waals surface area contributed by atoms with Crippen molar-refractivity contribution in [2.75, 3.05) is 11.1 Å². The Hall–Kier alpha value is -2.26. The minimum absolute atomic E-state index is 0.0836. The summed E-state index contributed by atoms with van der Waals surface area (Å²) < 4.78 is 29.1. The summed E-state index contributed by atoms with van der Waals surface area (Å²) in [4.78, 5) is 29.5. The first-order valence-electron chi connectivity index (χ1n) is 8.71. The van der Waals surface area contributed by atoms with E-state index in [9.17, 15) is 18.4 Å². The number of anilines is 1. The van der Waals surface area contributed by atoms with Gasteiger partial charge in [0.05, 0.1) is 17.0 Å². The molecule has 0 aliphatic heterocycles. The fraction of sp³-hybridized carbons (Fsp3) is 0.316. The molecule has 5 nitrogen and oxygen atoms in total. The highest BCUT2D eigenvalue weighted by Gasteiger charge is 2.15. The van der Waals surface area contributed by atoms with E-state index in [1.165, 1.54) is 11.3 Å². The van der Waals surface area contributed by atoms with Crippen molar-refractivity contribution in [3.8, 4) is 0 Å². The number of carbonyl (C=O) groups excluding carboxylic acids is 1. The maximum Gasteiger partial charge on any atom is 0.272 e. The Kier molecular flexibility index (Phi) is 6.46. The highest BCUT2D eigenvalue weighted by atomic mass is 32.2. The Morgan fingerprint density at radius 1 is 1.32 bits per heavy atom. The third kappa shape index (κ3) is 4.77. The summed E-state index contributed by atoms with van der Waals surface area (Å²) in [7, 11) is 0. The van der Waals surface area contributed by atoms with E-state index < -0.39 is 17.5 Å². The van der Waals surface area contributed by atoms with E-state index in [0.717, 1.165) is 36.4 Å². The van der Waals surface area contributed by atoms with E-state index in [1.54, 1.807) is 16.0 Å². The van der Waals surface area contributed by atoms with Crippen LogP contribution in [-0.4, -0.2) is 21.2 Å². The van der Waals surface area contributed by atoms with Crippen LogP contribution in [0.4, 0.5) is 14.5 Å². The number of amides is 1. The SMILES string of the molecule is CC(C)CCn1c(SCC(=O)Nc2cc(F)ccc2F)nc2ccsc2c1=O. The highest BCUT2D eigenvalue weighted by molar-refractivity contribution is 7.99. The normalized spacial score (nSPS) is 11.3. The van der Waals surface area contributed by atoms with E-state index in [1.807, 2.05) is 0 Å². The number of nitrogens with zero attached hydrogens (tertiary/aromatic N) is 2. The van der Waals surface area contributed by atoms with Crippen molar-refractivity contribution in [1.29, 1.82) is 0 Å². The summed E-state index contributed by atoms with van der Waals surface area (Å²) in [5.74, 6) is -1.55. The molecule has 28 heavy (non-hydrogen) atoms. The summed E-state index contributed by atoms with van der Waals surface area (Å²) in [5, 5.41) is 4.59. The van der Waals surface area contributed by atoms with Gasteiger partial charge in [0.15, 0.2) is 5.16 Å². The van der Waals surface area contributed by atoms with Crippen molar-refractivity contribution >= 4 is 44.9 Å². The van der Waals surface area contributed by atoms with Crippen molar-refractivity contribution in [3.63, 3.8) is 0 Å². The van der Waals surface area contributed by atoms with Gasteiger partial charge in [-0.25, -0.2) is 13.8 Å². The van der Waals surface area contributed by atoms with Crippen LogP contribution >= 0.6 is 23.1 Å². The second-order valence-corrected chi connectivity index (χ2v) is 8.49. The van der Waals surface area contributed by atoms with Crippen LogP contribution in [-0.2, 0) is 11.3 Å². The van der Waals surface area contributed by atoms with Gasteiger partial charge in [0.1, 0.15) is 16.3 Å². The number of nitrogens with one attached hydrogen (secondary N) is 1. The van der Waals surface area contributed by atoms with Crippen molar-refractivity contribution in [2.24, 2.45) is 5.92 Å². The third-order valence-corrected chi connectivity index (χ3v) is 5.86. The molecular formula is C19H19F2N3O2S2. The Labute approximate surface area is 168 Å². The third-order valence-electron chi connectivity index (χ3n) is 4.00. The van der Waals surface area contributed by atoms with Crippen molar-refractivity contribution < 1.29 is 13.6 Å². The molecule has 2 heterocycles. The number of carbonyl (C=O) groups is 1. The molecule has 9 heteroatoms. The molecule has 0 unspecified atom stereocenters. The number of aromatic nitrogens is 2. The first kappa shape index (κ1) is 20.5. The average molecular weight is 424 g/mol. The fourth-order valence-corrected chi connectivity index (χ4v) is 4.13. The van der Waals surface area contributed by atoms with Crippen LogP contribution in [0.5, 0.6) is 0 Å². The molecule has 148 valence electrons. The molecule has 0 fully saturated rings. The van der Waals surface area contributed by atoms with Crippen molar-refractivity contribution in [2.45, 2.75) is 32.0 Å². The molecule has 0 bridgehead atoms. The zero-order valence-corrected chi connectivity index (χ0v) is 17.0. The predicted octanol–water partition coefficient (Wildman–Crippen LogP) is 4.51. The highest BCUT2D eigenvalue weighted by Crippen LogP contribution is 2.22. The molecule has 2 aromatic heterocycles. The van der Waals surface area contributed by atoms with Gasteiger partial charge in [-0.2, -0.15) is 0 Å². The van der Waals surface area contributed by atoms with E-state index >= 15 is 0 Å². The molecule has 0 saturated carbocycles. The maximum absolute atomic E-state index is 13.7. The van der Waals surface area contributed by atoms with Crippen molar-refractivity contribution in [1.82, 2.24) is 9.55 Å². The van der Waals surface area contributed by atoms with Crippen LogP contribution in [0.15, 0.2) is 39.6 Å². The van der Waals surface area contributed by atoms with Gasteiger partial charge in [-0.15, -0.1) is 11.3 Å². The Balaban J connectivity index is 1.79. The molecule has 0 spiro atoms. The van der Waals surface area contributed by atoms with Gasteiger partial charge in [-0.3, -0.25) is 14.2 Å². The average Bonchev–Trinajstić information content (AvgIpc) is 3.11. The number of rotatable bonds is 7. The fourth-order valence-electron chi connectivity index (χ4n) is 2.53. The number of hydrogen-bond donors (Lipinski definition) is 1. The minimum Gasteiger partial charge on any atom is -0.323 e. The van der Waals surface area contributed by atoms with Gasteiger partial charge in [0.25, 0.3) is 5.56 Å². The van der Waals surface area contributed by atoms with E-state index in [4.69, 9.17) is 0 Å². The van der Waals surface area contributed by atoms with Crippen LogP contribution in [0, 0.1) is 17.6 Å². The van der Waals surface area contributed by atoms with Gasteiger partial charge >= 0.3 is 0 Å². The molecule has 0 aliphatic rings. The van der Waals surface area contributed by atoms with Crippen LogP contribution < -0.4 is 10.9 Å².